The molecule has 0 aliphatic heterocycles. The second-order valence-corrected chi connectivity index (χ2v) is 6.95. The number of halogens is 6. The van der Waals surface area contributed by atoms with E-state index in [4.69, 9.17) is 14.2 Å². The number of hydrogen-bond donors (Lipinski definition) is 0. The van der Waals surface area contributed by atoms with Gasteiger partial charge in [-0.1, -0.05) is 12.1 Å². The van der Waals surface area contributed by atoms with Gasteiger partial charge in [0.2, 0.25) is 0 Å². The van der Waals surface area contributed by atoms with E-state index < -0.39 is 30.5 Å². The van der Waals surface area contributed by atoms with Gasteiger partial charge >= 0.3 is 18.3 Å². The first-order chi connectivity index (χ1) is 15.4. The fourth-order valence-corrected chi connectivity index (χ4v) is 3.29. The van der Waals surface area contributed by atoms with Crippen molar-refractivity contribution >= 4 is 16.9 Å². The standard InChI is InChI=1S/C22H17F6NO4/c1-11-18(20(30)32-3)14-8-16(31-2)17(33-10-21(23,24)25)9-15(14)29-19(11)12-5-4-6-13(7-12)22(26,27)28/h4-9H,10H2,1-3H3. The summed E-state index contributed by atoms with van der Waals surface area (Å²) in [6.07, 6.45) is -9.24. The van der Waals surface area contributed by atoms with Crippen LogP contribution in [0.5, 0.6) is 11.5 Å². The van der Waals surface area contributed by atoms with Crippen LogP contribution in [-0.2, 0) is 10.9 Å². The maximum Gasteiger partial charge on any atom is 0.422 e. The van der Waals surface area contributed by atoms with Crippen molar-refractivity contribution in [2.45, 2.75) is 19.3 Å². The van der Waals surface area contributed by atoms with Crippen molar-refractivity contribution in [3.05, 3.63) is 53.1 Å². The summed E-state index contributed by atoms with van der Waals surface area (Å²) >= 11 is 0. The van der Waals surface area contributed by atoms with E-state index in [1.54, 1.807) is 0 Å². The minimum atomic E-state index is -4.62. The number of hydrogen-bond acceptors (Lipinski definition) is 5. The van der Waals surface area contributed by atoms with Crippen LogP contribution in [0.15, 0.2) is 36.4 Å². The fourth-order valence-electron chi connectivity index (χ4n) is 3.29. The lowest BCUT2D eigenvalue weighted by Crippen LogP contribution is -2.19. The highest BCUT2D eigenvalue weighted by molar-refractivity contribution is 6.07. The first kappa shape index (κ1) is 24.1. The summed E-state index contributed by atoms with van der Waals surface area (Å²) in [6, 6.07) is 6.71. The Morgan fingerprint density at radius 2 is 1.70 bits per heavy atom. The Hall–Kier alpha value is -3.50. The number of benzene rings is 2. The molecule has 1 aromatic heterocycles. The predicted molar refractivity (Wildman–Crippen MR) is 106 cm³/mol. The molecule has 0 amide bonds. The van der Waals surface area contributed by atoms with E-state index in [1.165, 1.54) is 32.2 Å². The van der Waals surface area contributed by atoms with Crippen LogP contribution in [0.2, 0.25) is 0 Å². The maximum atomic E-state index is 13.2. The molecule has 0 N–H and O–H groups in total. The van der Waals surface area contributed by atoms with Crippen molar-refractivity contribution in [1.29, 1.82) is 0 Å². The zero-order valence-corrected chi connectivity index (χ0v) is 17.5. The van der Waals surface area contributed by atoms with Gasteiger partial charge in [-0.05, 0) is 30.7 Å². The lowest BCUT2D eigenvalue weighted by Gasteiger charge is -2.17. The summed E-state index contributed by atoms with van der Waals surface area (Å²) in [5.74, 6) is -1.20. The number of ether oxygens (including phenoxy) is 3. The quantitative estimate of drug-likeness (QED) is 0.338. The second-order valence-electron chi connectivity index (χ2n) is 6.95. The summed E-state index contributed by atoms with van der Waals surface area (Å²) < 4.78 is 92.3. The molecule has 1 heterocycles. The second kappa shape index (κ2) is 8.80. The molecule has 3 aromatic rings. The molecule has 0 aliphatic carbocycles. The predicted octanol–water partition coefficient (Wildman–Crippen LogP) is 5.97. The molecule has 0 aliphatic rings. The molecule has 0 radical (unpaired) electrons. The van der Waals surface area contributed by atoms with Crippen LogP contribution >= 0.6 is 0 Å². The first-order valence-electron chi connectivity index (χ1n) is 9.33. The number of carbonyl (C=O) groups excluding carboxylic acids is 1. The summed E-state index contributed by atoms with van der Waals surface area (Å²) in [4.78, 5) is 16.9. The first-order valence-corrected chi connectivity index (χ1v) is 9.33. The number of methoxy groups -OCH3 is 2. The van der Waals surface area contributed by atoms with Crippen molar-refractivity contribution in [2.24, 2.45) is 0 Å². The molecular formula is C22H17F6NO4. The van der Waals surface area contributed by atoms with Crippen LogP contribution in [0.4, 0.5) is 26.3 Å². The summed E-state index contributed by atoms with van der Waals surface area (Å²) in [5, 5.41) is 0.172. The van der Waals surface area contributed by atoms with Gasteiger partial charge in [-0.25, -0.2) is 9.78 Å². The molecule has 3 rings (SSSR count). The van der Waals surface area contributed by atoms with Crippen LogP contribution in [0, 0.1) is 6.92 Å². The van der Waals surface area contributed by atoms with E-state index in [9.17, 15) is 31.1 Å². The molecule has 11 heteroatoms. The minimum Gasteiger partial charge on any atom is -0.493 e. The van der Waals surface area contributed by atoms with Gasteiger partial charge in [0.1, 0.15) is 0 Å². The molecule has 176 valence electrons. The van der Waals surface area contributed by atoms with Gasteiger partial charge in [0.05, 0.1) is 36.6 Å². The molecule has 2 aromatic carbocycles. The van der Waals surface area contributed by atoms with Crippen LogP contribution in [-0.4, -0.2) is 38.0 Å². The molecule has 0 saturated heterocycles. The van der Waals surface area contributed by atoms with Crippen LogP contribution < -0.4 is 9.47 Å². The van der Waals surface area contributed by atoms with Crippen molar-refractivity contribution in [1.82, 2.24) is 4.98 Å². The van der Waals surface area contributed by atoms with Gasteiger partial charge in [-0.2, -0.15) is 26.3 Å². The average molecular weight is 473 g/mol. The van der Waals surface area contributed by atoms with Crippen molar-refractivity contribution in [2.75, 3.05) is 20.8 Å². The number of nitrogens with zero attached hydrogens (tertiary/aromatic N) is 1. The van der Waals surface area contributed by atoms with Gasteiger partial charge in [0.25, 0.3) is 0 Å². The van der Waals surface area contributed by atoms with Crippen molar-refractivity contribution in [3.63, 3.8) is 0 Å². The summed E-state index contributed by atoms with van der Waals surface area (Å²) in [7, 11) is 2.33. The van der Waals surface area contributed by atoms with E-state index in [0.29, 0.717) is 0 Å². The third kappa shape index (κ3) is 5.12. The van der Waals surface area contributed by atoms with E-state index in [-0.39, 0.29) is 44.8 Å². The minimum absolute atomic E-state index is 0.00591. The van der Waals surface area contributed by atoms with Gasteiger partial charge in [0.15, 0.2) is 18.1 Å². The topological polar surface area (TPSA) is 57.7 Å². The lowest BCUT2D eigenvalue weighted by atomic mass is 9.96. The highest BCUT2D eigenvalue weighted by Crippen LogP contribution is 2.39. The molecule has 0 bridgehead atoms. The third-order valence-electron chi connectivity index (χ3n) is 4.76. The van der Waals surface area contributed by atoms with E-state index in [2.05, 4.69) is 4.98 Å². The Morgan fingerprint density at radius 3 is 2.27 bits per heavy atom. The molecular weight excluding hydrogens is 456 g/mol. The summed E-state index contributed by atoms with van der Waals surface area (Å²) in [5.41, 5.74) is -0.629. The molecule has 0 saturated carbocycles. The largest absolute Gasteiger partial charge is 0.493 e. The lowest BCUT2D eigenvalue weighted by molar-refractivity contribution is -0.153. The average Bonchev–Trinajstić information content (AvgIpc) is 2.75. The number of fused-ring (bicyclic) bond motifs is 1. The molecule has 5 nitrogen and oxygen atoms in total. The molecule has 0 atom stereocenters. The number of esters is 1. The van der Waals surface area contributed by atoms with Gasteiger partial charge in [0, 0.05) is 17.0 Å². The van der Waals surface area contributed by atoms with Crippen LogP contribution in [0.3, 0.4) is 0 Å². The fraction of sp³-hybridized carbons (Fsp3) is 0.273. The van der Waals surface area contributed by atoms with E-state index in [0.717, 1.165) is 25.3 Å². The Morgan fingerprint density at radius 1 is 1.00 bits per heavy atom. The number of aromatic nitrogens is 1. The highest BCUT2D eigenvalue weighted by Gasteiger charge is 2.32. The zero-order chi connectivity index (χ0) is 24.6. The SMILES string of the molecule is COC(=O)c1c(C)c(-c2cccc(C(F)(F)F)c2)nc2cc(OCC(F)(F)F)c(OC)cc12. The van der Waals surface area contributed by atoms with Gasteiger partial charge in [-0.15, -0.1) is 0 Å². The number of carbonyl (C=O) groups is 1. The Bertz CT molecular complexity index is 1200. The van der Waals surface area contributed by atoms with E-state index >= 15 is 0 Å². The molecule has 0 fully saturated rings. The van der Waals surface area contributed by atoms with Crippen LogP contribution in [0.25, 0.3) is 22.2 Å². The third-order valence-corrected chi connectivity index (χ3v) is 4.76. The number of alkyl halides is 6. The monoisotopic (exact) mass is 473 g/mol. The normalized spacial score (nSPS) is 12.0. The Balaban J connectivity index is 2.30. The van der Waals surface area contributed by atoms with Gasteiger partial charge < -0.3 is 14.2 Å². The summed E-state index contributed by atoms with van der Waals surface area (Å²) in [6.45, 7) is -0.125. The Kier molecular flexibility index (Phi) is 6.44. The molecule has 33 heavy (non-hydrogen) atoms. The number of pyridine rings is 1. The maximum absolute atomic E-state index is 13.2. The van der Waals surface area contributed by atoms with Gasteiger partial charge in [-0.3, -0.25) is 0 Å². The van der Waals surface area contributed by atoms with E-state index in [1.807, 2.05) is 0 Å². The number of rotatable bonds is 5. The smallest absolute Gasteiger partial charge is 0.422 e. The van der Waals surface area contributed by atoms with Crippen molar-refractivity contribution in [3.8, 4) is 22.8 Å². The van der Waals surface area contributed by atoms with Crippen LogP contribution in [0.1, 0.15) is 21.5 Å². The van der Waals surface area contributed by atoms with Crippen molar-refractivity contribution < 1.29 is 45.3 Å². The molecule has 0 unspecified atom stereocenters. The zero-order valence-electron chi connectivity index (χ0n) is 17.5. The molecule has 0 spiro atoms. The Labute approximate surface area is 183 Å². The highest BCUT2D eigenvalue weighted by atomic mass is 19.4.